The van der Waals surface area contributed by atoms with E-state index in [1.54, 1.807) is 0 Å². The first-order chi connectivity index (χ1) is 10.0. The number of hydrogen-bond acceptors (Lipinski definition) is 3. The minimum absolute atomic E-state index is 0.123. The number of aryl methyl sites for hydroxylation is 2. The molecule has 0 aliphatic heterocycles. The van der Waals surface area contributed by atoms with Gasteiger partial charge in [0.1, 0.15) is 11.5 Å². The van der Waals surface area contributed by atoms with Crippen molar-refractivity contribution in [2.45, 2.75) is 25.7 Å². The Labute approximate surface area is 124 Å². The van der Waals surface area contributed by atoms with Crippen LogP contribution in [0.2, 0.25) is 0 Å². The van der Waals surface area contributed by atoms with Crippen LogP contribution in [0, 0.1) is 11.6 Å². The second-order valence-electron chi connectivity index (χ2n) is 5.07. The van der Waals surface area contributed by atoms with E-state index in [1.165, 1.54) is 21.8 Å². The maximum Gasteiger partial charge on any atom is 0.265 e. The second-order valence-corrected chi connectivity index (χ2v) is 6.21. The Balaban J connectivity index is 1.85. The van der Waals surface area contributed by atoms with Gasteiger partial charge in [0, 0.05) is 10.9 Å². The van der Waals surface area contributed by atoms with E-state index in [1.807, 2.05) is 6.07 Å². The number of benzene rings is 1. The quantitative estimate of drug-likeness (QED) is 0.830. The van der Waals surface area contributed by atoms with Crippen LogP contribution in [0.3, 0.4) is 0 Å². The smallest absolute Gasteiger partial charge is 0.265 e. The van der Waals surface area contributed by atoms with Crippen LogP contribution in [-0.2, 0) is 12.8 Å². The number of thiophene rings is 1. The number of nitrogen functional groups attached to an aromatic ring is 1. The normalized spacial score (nSPS) is 13.8. The SMILES string of the molecule is Nc1cc(F)cc(F)c1NC(=O)c1cc2c(s1)CCCC2. The molecule has 3 rings (SSSR count). The molecule has 110 valence electrons. The molecule has 0 unspecified atom stereocenters. The molecule has 1 aromatic heterocycles. The van der Waals surface area contributed by atoms with Gasteiger partial charge in [-0.15, -0.1) is 11.3 Å². The Morgan fingerprint density at radius 1 is 1.19 bits per heavy atom. The minimum atomic E-state index is -0.873. The molecule has 0 radical (unpaired) electrons. The highest BCUT2D eigenvalue weighted by Crippen LogP contribution is 2.31. The Morgan fingerprint density at radius 2 is 1.95 bits per heavy atom. The van der Waals surface area contributed by atoms with Gasteiger partial charge in [-0.25, -0.2) is 8.78 Å². The lowest BCUT2D eigenvalue weighted by molar-refractivity contribution is 0.103. The molecule has 0 atom stereocenters. The van der Waals surface area contributed by atoms with E-state index in [0.29, 0.717) is 10.9 Å². The fourth-order valence-corrected chi connectivity index (χ4v) is 3.65. The summed E-state index contributed by atoms with van der Waals surface area (Å²) in [6.45, 7) is 0. The van der Waals surface area contributed by atoms with Crippen LogP contribution in [0.4, 0.5) is 20.2 Å². The van der Waals surface area contributed by atoms with Crippen LogP contribution in [0.15, 0.2) is 18.2 Å². The number of rotatable bonds is 2. The van der Waals surface area contributed by atoms with Crippen molar-refractivity contribution < 1.29 is 13.6 Å². The van der Waals surface area contributed by atoms with Gasteiger partial charge in [0.05, 0.1) is 10.6 Å². The van der Waals surface area contributed by atoms with E-state index in [-0.39, 0.29) is 11.4 Å². The molecule has 2 aromatic rings. The molecular formula is C15H14F2N2OS. The molecule has 21 heavy (non-hydrogen) atoms. The summed E-state index contributed by atoms with van der Waals surface area (Å²) in [4.78, 5) is 14.0. The summed E-state index contributed by atoms with van der Waals surface area (Å²) in [5.41, 5.74) is 6.46. The second kappa shape index (κ2) is 5.44. The van der Waals surface area contributed by atoms with Gasteiger partial charge >= 0.3 is 0 Å². The molecule has 0 bridgehead atoms. The number of amides is 1. The Kier molecular flexibility index (Phi) is 3.63. The number of anilines is 2. The first kappa shape index (κ1) is 14.0. The zero-order chi connectivity index (χ0) is 15.0. The summed E-state index contributed by atoms with van der Waals surface area (Å²) in [5.74, 6) is -2.05. The molecular weight excluding hydrogens is 294 g/mol. The molecule has 1 heterocycles. The summed E-state index contributed by atoms with van der Waals surface area (Å²) in [6, 6.07) is 3.54. The van der Waals surface area contributed by atoms with E-state index in [2.05, 4.69) is 5.32 Å². The monoisotopic (exact) mass is 308 g/mol. The van der Waals surface area contributed by atoms with Crippen LogP contribution in [0.5, 0.6) is 0 Å². The number of nitrogens with two attached hydrogens (primary N) is 1. The van der Waals surface area contributed by atoms with Gasteiger partial charge in [0.15, 0.2) is 5.82 Å². The summed E-state index contributed by atoms with van der Waals surface area (Å²) < 4.78 is 26.7. The highest BCUT2D eigenvalue weighted by atomic mass is 32.1. The number of halogens is 2. The first-order valence-corrected chi connectivity index (χ1v) is 7.53. The average molecular weight is 308 g/mol. The lowest BCUT2D eigenvalue weighted by Gasteiger charge is -2.08. The van der Waals surface area contributed by atoms with E-state index in [9.17, 15) is 13.6 Å². The van der Waals surface area contributed by atoms with E-state index in [4.69, 9.17) is 5.73 Å². The standard InChI is InChI=1S/C15H14F2N2OS/c16-9-6-10(17)14(11(18)7-9)19-15(20)13-5-8-3-1-2-4-12(8)21-13/h5-7H,1-4,18H2,(H,19,20). The maximum absolute atomic E-state index is 13.7. The van der Waals surface area contributed by atoms with Crippen molar-refractivity contribution in [2.75, 3.05) is 11.1 Å². The van der Waals surface area contributed by atoms with Gasteiger partial charge in [0.25, 0.3) is 5.91 Å². The van der Waals surface area contributed by atoms with Crippen molar-refractivity contribution in [3.8, 4) is 0 Å². The zero-order valence-electron chi connectivity index (χ0n) is 11.2. The Hall–Kier alpha value is -1.95. The Bertz CT molecular complexity index is 665. The van der Waals surface area contributed by atoms with Crippen LogP contribution in [-0.4, -0.2) is 5.91 Å². The molecule has 6 heteroatoms. The third-order valence-corrected chi connectivity index (χ3v) is 4.78. The molecule has 1 amide bonds. The summed E-state index contributed by atoms with van der Waals surface area (Å²) in [6.07, 6.45) is 4.23. The van der Waals surface area contributed by atoms with Crippen molar-refractivity contribution in [1.82, 2.24) is 0 Å². The van der Waals surface area contributed by atoms with Crippen molar-refractivity contribution in [3.05, 3.63) is 45.2 Å². The highest BCUT2D eigenvalue weighted by molar-refractivity contribution is 7.14. The third kappa shape index (κ3) is 2.76. The molecule has 1 aliphatic carbocycles. The molecule has 0 spiro atoms. The van der Waals surface area contributed by atoms with E-state index in [0.717, 1.165) is 31.7 Å². The number of carbonyl (C=O) groups is 1. The lowest BCUT2D eigenvalue weighted by atomic mass is 9.99. The highest BCUT2D eigenvalue weighted by Gasteiger charge is 2.19. The van der Waals surface area contributed by atoms with Crippen LogP contribution < -0.4 is 11.1 Å². The predicted octanol–water partition coefficient (Wildman–Crippen LogP) is 3.74. The van der Waals surface area contributed by atoms with Gasteiger partial charge < -0.3 is 11.1 Å². The van der Waals surface area contributed by atoms with Gasteiger partial charge in [-0.1, -0.05) is 0 Å². The molecule has 0 saturated carbocycles. The van der Waals surface area contributed by atoms with Crippen LogP contribution in [0.1, 0.15) is 33.0 Å². The van der Waals surface area contributed by atoms with Crippen molar-refractivity contribution >= 4 is 28.6 Å². The Morgan fingerprint density at radius 3 is 2.67 bits per heavy atom. The lowest BCUT2D eigenvalue weighted by Crippen LogP contribution is -2.13. The van der Waals surface area contributed by atoms with Gasteiger partial charge in [-0.3, -0.25) is 4.79 Å². The van der Waals surface area contributed by atoms with E-state index < -0.39 is 17.5 Å². The van der Waals surface area contributed by atoms with Crippen molar-refractivity contribution in [2.24, 2.45) is 0 Å². The predicted molar refractivity (Wildman–Crippen MR) is 79.7 cm³/mol. The molecule has 3 N–H and O–H groups in total. The van der Waals surface area contributed by atoms with Gasteiger partial charge in [-0.05, 0) is 43.4 Å². The third-order valence-electron chi connectivity index (χ3n) is 3.54. The van der Waals surface area contributed by atoms with Crippen LogP contribution in [0.25, 0.3) is 0 Å². The first-order valence-electron chi connectivity index (χ1n) is 6.72. The van der Waals surface area contributed by atoms with E-state index >= 15 is 0 Å². The van der Waals surface area contributed by atoms with Crippen molar-refractivity contribution in [1.29, 1.82) is 0 Å². The topological polar surface area (TPSA) is 55.1 Å². The largest absolute Gasteiger partial charge is 0.397 e. The van der Waals surface area contributed by atoms with Gasteiger partial charge in [-0.2, -0.15) is 0 Å². The summed E-state index contributed by atoms with van der Waals surface area (Å²) >= 11 is 1.43. The average Bonchev–Trinajstić information content (AvgIpc) is 2.86. The fraction of sp³-hybridized carbons (Fsp3) is 0.267. The molecule has 0 fully saturated rings. The number of nitrogens with one attached hydrogen (secondary N) is 1. The molecule has 0 saturated heterocycles. The number of hydrogen-bond donors (Lipinski definition) is 2. The van der Waals surface area contributed by atoms with Gasteiger partial charge in [0.2, 0.25) is 0 Å². The summed E-state index contributed by atoms with van der Waals surface area (Å²) in [5, 5.41) is 2.44. The van der Waals surface area contributed by atoms with Crippen LogP contribution >= 0.6 is 11.3 Å². The minimum Gasteiger partial charge on any atom is -0.397 e. The molecule has 1 aliphatic rings. The molecule has 3 nitrogen and oxygen atoms in total. The number of fused-ring (bicyclic) bond motifs is 1. The van der Waals surface area contributed by atoms with Crippen molar-refractivity contribution in [3.63, 3.8) is 0 Å². The summed E-state index contributed by atoms with van der Waals surface area (Å²) in [7, 11) is 0. The fourth-order valence-electron chi connectivity index (χ4n) is 2.50. The zero-order valence-corrected chi connectivity index (χ0v) is 12.0. The number of carbonyl (C=O) groups excluding carboxylic acids is 1. The molecule has 1 aromatic carbocycles. The maximum atomic E-state index is 13.7.